The lowest BCUT2D eigenvalue weighted by molar-refractivity contribution is -0.385. The Bertz CT molecular complexity index is 722. The second kappa shape index (κ2) is 6.13. The highest BCUT2D eigenvalue weighted by molar-refractivity contribution is 9.10. The van der Waals surface area contributed by atoms with Crippen molar-refractivity contribution in [2.24, 2.45) is 10.9 Å². The summed E-state index contributed by atoms with van der Waals surface area (Å²) in [7, 11) is 0. The minimum Gasteiger partial charge on any atom is -0.437 e. The summed E-state index contributed by atoms with van der Waals surface area (Å²) in [4.78, 5) is 18.0. The van der Waals surface area contributed by atoms with Gasteiger partial charge in [0.2, 0.25) is 5.88 Å². The Morgan fingerprint density at radius 2 is 2.10 bits per heavy atom. The third kappa shape index (κ3) is 3.42. The highest BCUT2D eigenvalue weighted by atomic mass is 79.9. The van der Waals surface area contributed by atoms with E-state index < -0.39 is 4.92 Å². The minimum absolute atomic E-state index is 0.0163. The van der Waals surface area contributed by atoms with E-state index in [0.717, 1.165) is 0 Å². The second-order valence-corrected chi connectivity index (χ2v) is 4.62. The van der Waals surface area contributed by atoms with Gasteiger partial charge in [-0.25, -0.2) is 9.97 Å². The molecule has 0 radical (unpaired) electrons. The number of nitrogens with zero attached hydrogens (tertiary/aromatic N) is 4. The number of nitrogens with two attached hydrogens (primary N) is 1. The molecule has 0 aliphatic carbocycles. The normalized spacial score (nSPS) is 11.2. The summed E-state index contributed by atoms with van der Waals surface area (Å²) in [5.74, 6) is -0.175. The Morgan fingerprint density at radius 1 is 1.38 bits per heavy atom. The molecule has 2 aromatic rings. The van der Waals surface area contributed by atoms with Crippen molar-refractivity contribution < 1.29 is 14.9 Å². The molecule has 3 N–H and O–H groups in total. The van der Waals surface area contributed by atoms with E-state index in [-0.39, 0.29) is 28.8 Å². The third-order valence-corrected chi connectivity index (χ3v) is 2.75. The van der Waals surface area contributed by atoms with Crippen molar-refractivity contribution in [3.63, 3.8) is 0 Å². The first-order valence-electron chi connectivity index (χ1n) is 5.43. The van der Waals surface area contributed by atoms with E-state index >= 15 is 0 Å². The monoisotopic (exact) mass is 353 g/mol. The van der Waals surface area contributed by atoms with E-state index in [4.69, 9.17) is 15.7 Å². The van der Waals surface area contributed by atoms with Gasteiger partial charge in [0.25, 0.3) is 5.69 Å². The number of non-ortho nitro benzene ring substituents is 1. The molecular formula is C11H8BrN5O4. The van der Waals surface area contributed by atoms with Crippen LogP contribution in [0.3, 0.4) is 0 Å². The van der Waals surface area contributed by atoms with Crippen molar-refractivity contribution in [1.82, 2.24) is 9.97 Å². The predicted molar refractivity (Wildman–Crippen MR) is 75.4 cm³/mol. The maximum absolute atomic E-state index is 10.8. The molecule has 0 fully saturated rings. The van der Waals surface area contributed by atoms with Gasteiger partial charge in [-0.1, -0.05) is 21.1 Å². The molecule has 0 spiro atoms. The van der Waals surface area contributed by atoms with Gasteiger partial charge in [-0.3, -0.25) is 10.1 Å². The molecule has 9 nitrogen and oxygen atoms in total. The van der Waals surface area contributed by atoms with Crippen LogP contribution in [-0.2, 0) is 0 Å². The van der Waals surface area contributed by atoms with Gasteiger partial charge in [0.05, 0.1) is 11.0 Å². The lowest BCUT2D eigenvalue weighted by Gasteiger charge is -2.08. The minimum atomic E-state index is -0.557. The number of nitro groups is 1. The fourth-order valence-corrected chi connectivity index (χ4v) is 1.91. The average molecular weight is 354 g/mol. The van der Waals surface area contributed by atoms with Crippen LogP contribution in [0.25, 0.3) is 0 Å². The Hall–Kier alpha value is -2.75. The number of aromatic nitrogens is 2. The van der Waals surface area contributed by atoms with Gasteiger partial charge in [0, 0.05) is 22.9 Å². The number of nitro benzene ring substituents is 1. The SMILES string of the molecule is N/C(=N/O)c1nccnc1Oc1cc(Br)cc([N+](=O)[O-])c1. The standard InChI is InChI=1S/C11H8BrN5O4/c12-6-3-7(17(19)20)5-8(4-6)21-11-9(10(13)16-18)14-1-2-15-11/h1-5,18H,(H2,13,16). The predicted octanol–water partition coefficient (Wildman–Crippen LogP) is 2.03. The molecule has 0 aliphatic heterocycles. The summed E-state index contributed by atoms with van der Waals surface area (Å²) in [6, 6.07) is 4.06. The topological polar surface area (TPSA) is 137 Å². The number of hydrogen-bond donors (Lipinski definition) is 2. The molecule has 108 valence electrons. The van der Waals surface area contributed by atoms with E-state index in [9.17, 15) is 10.1 Å². The molecule has 0 aliphatic rings. The van der Waals surface area contributed by atoms with Crippen LogP contribution in [-0.4, -0.2) is 25.9 Å². The van der Waals surface area contributed by atoms with Gasteiger partial charge in [-0.15, -0.1) is 0 Å². The van der Waals surface area contributed by atoms with Crippen LogP contribution >= 0.6 is 15.9 Å². The number of benzene rings is 1. The number of oxime groups is 1. The van der Waals surface area contributed by atoms with Gasteiger partial charge < -0.3 is 15.7 Å². The highest BCUT2D eigenvalue weighted by Gasteiger charge is 2.15. The smallest absolute Gasteiger partial charge is 0.274 e. The molecular weight excluding hydrogens is 346 g/mol. The van der Waals surface area contributed by atoms with Crippen molar-refractivity contribution >= 4 is 27.5 Å². The first-order valence-corrected chi connectivity index (χ1v) is 6.22. The molecule has 1 heterocycles. The number of halogens is 1. The van der Waals surface area contributed by atoms with Crippen LogP contribution in [0.4, 0.5) is 5.69 Å². The molecule has 0 amide bonds. The summed E-state index contributed by atoms with van der Waals surface area (Å²) in [6.07, 6.45) is 2.68. The molecule has 0 atom stereocenters. The van der Waals surface area contributed by atoms with Crippen molar-refractivity contribution in [3.8, 4) is 11.6 Å². The van der Waals surface area contributed by atoms with E-state index in [1.54, 1.807) is 0 Å². The van der Waals surface area contributed by atoms with Crippen LogP contribution in [0, 0.1) is 10.1 Å². The van der Waals surface area contributed by atoms with Gasteiger partial charge >= 0.3 is 0 Å². The molecule has 10 heteroatoms. The lowest BCUT2D eigenvalue weighted by atomic mass is 10.3. The van der Waals surface area contributed by atoms with E-state index in [1.165, 1.54) is 30.6 Å². The van der Waals surface area contributed by atoms with Crippen molar-refractivity contribution in [3.05, 3.63) is 50.9 Å². The van der Waals surface area contributed by atoms with Gasteiger partial charge in [-0.05, 0) is 6.07 Å². The van der Waals surface area contributed by atoms with Crippen LogP contribution in [0.2, 0.25) is 0 Å². The van der Waals surface area contributed by atoms with E-state index in [2.05, 4.69) is 31.1 Å². The molecule has 2 rings (SSSR count). The maximum atomic E-state index is 10.8. The number of hydrogen-bond acceptors (Lipinski definition) is 7. The molecule has 0 bridgehead atoms. The second-order valence-electron chi connectivity index (χ2n) is 3.70. The molecule has 0 unspecified atom stereocenters. The molecule has 0 saturated carbocycles. The Kier molecular flexibility index (Phi) is 4.28. The maximum Gasteiger partial charge on any atom is 0.274 e. The summed E-state index contributed by atoms with van der Waals surface area (Å²) < 4.78 is 5.88. The first kappa shape index (κ1) is 14.7. The van der Waals surface area contributed by atoms with Crippen molar-refractivity contribution in [1.29, 1.82) is 0 Å². The summed E-state index contributed by atoms with van der Waals surface area (Å²) in [5, 5.41) is 22.3. The van der Waals surface area contributed by atoms with Gasteiger partial charge in [0.15, 0.2) is 11.5 Å². The largest absolute Gasteiger partial charge is 0.437 e. The summed E-state index contributed by atoms with van der Waals surface area (Å²) >= 11 is 3.15. The third-order valence-electron chi connectivity index (χ3n) is 2.30. The van der Waals surface area contributed by atoms with E-state index in [0.29, 0.717) is 4.47 Å². The molecule has 1 aromatic heterocycles. The fourth-order valence-electron chi connectivity index (χ4n) is 1.45. The summed E-state index contributed by atoms with van der Waals surface area (Å²) in [6.45, 7) is 0. The Balaban J connectivity index is 2.41. The zero-order valence-corrected chi connectivity index (χ0v) is 11.9. The molecule has 21 heavy (non-hydrogen) atoms. The van der Waals surface area contributed by atoms with E-state index in [1.807, 2.05) is 0 Å². The van der Waals surface area contributed by atoms with Crippen molar-refractivity contribution in [2.75, 3.05) is 0 Å². The first-order chi connectivity index (χ1) is 10.0. The van der Waals surface area contributed by atoms with Crippen LogP contribution in [0.1, 0.15) is 5.69 Å². The van der Waals surface area contributed by atoms with Crippen molar-refractivity contribution in [2.45, 2.75) is 0 Å². The van der Waals surface area contributed by atoms with Crippen LogP contribution in [0.5, 0.6) is 11.6 Å². The molecule has 1 aromatic carbocycles. The lowest BCUT2D eigenvalue weighted by Crippen LogP contribution is -2.16. The number of ether oxygens (including phenoxy) is 1. The zero-order chi connectivity index (χ0) is 15.4. The van der Waals surface area contributed by atoms with Gasteiger partial charge in [-0.2, -0.15) is 0 Å². The Morgan fingerprint density at radius 3 is 2.76 bits per heavy atom. The molecule has 0 saturated heterocycles. The van der Waals surface area contributed by atoms with Gasteiger partial charge in [0.1, 0.15) is 5.75 Å². The summed E-state index contributed by atoms with van der Waals surface area (Å²) in [5.41, 5.74) is 5.31. The number of amidine groups is 1. The average Bonchev–Trinajstić information content (AvgIpc) is 2.46. The zero-order valence-electron chi connectivity index (χ0n) is 10.3. The quantitative estimate of drug-likeness (QED) is 0.282. The van der Waals surface area contributed by atoms with Crippen LogP contribution in [0.15, 0.2) is 40.2 Å². The van der Waals surface area contributed by atoms with Crippen LogP contribution < -0.4 is 10.5 Å². The highest BCUT2D eigenvalue weighted by Crippen LogP contribution is 2.29. The Labute approximate surface area is 126 Å². The fraction of sp³-hybridized carbons (Fsp3) is 0. The number of rotatable bonds is 4.